The van der Waals surface area contributed by atoms with Crippen molar-refractivity contribution in [1.82, 2.24) is 9.97 Å². The van der Waals surface area contributed by atoms with Crippen LogP contribution in [0.5, 0.6) is 0 Å². The van der Waals surface area contributed by atoms with Crippen molar-refractivity contribution in [2.75, 3.05) is 5.43 Å². The van der Waals surface area contributed by atoms with Crippen LogP contribution in [0.4, 0.5) is 5.82 Å². The van der Waals surface area contributed by atoms with Gasteiger partial charge in [0, 0.05) is 21.3 Å². The Morgan fingerprint density at radius 2 is 1.58 bits per heavy atom. The Kier molecular flexibility index (Phi) is 6.71. The summed E-state index contributed by atoms with van der Waals surface area (Å²) in [6, 6.07) is 3.68. The lowest BCUT2D eigenvalue weighted by atomic mass is 10.3. The highest BCUT2D eigenvalue weighted by atomic mass is 79.9. The highest BCUT2D eigenvalue weighted by Gasteiger charge is 1.95. The first-order valence-electron chi connectivity index (χ1n) is 5.30. The van der Waals surface area contributed by atoms with Crippen molar-refractivity contribution < 1.29 is 0 Å². The molecular weight excluding hydrogens is 395 g/mol. The van der Waals surface area contributed by atoms with Gasteiger partial charge in [-0.15, -0.1) is 0 Å². The third kappa shape index (κ3) is 5.44. The van der Waals surface area contributed by atoms with Crippen LogP contribution in [0.25, 0.3) is 0 Å². The number of aryl methyl sites for hydroxylation is 2. The maximum atomic E-state index is 5.58. The summed E-state index contributed by atoms with van der Waals surface area (Å²) in [5, 5.41) is 0.538. The minimum absolute atomic E-state index is 0.538. The lowest BCUT2D eigenvalue weighted by Gasteiger charge is -2.00. The largest absolute Gasteiger partial charge is 0.308 e. The lowest BCUT2D eigenvalue weighted by Crippen LogP contribution is -2.08. The van der Waals surface area contributed by atoms with E-state index in [4.69, 9.17) is 17.4 Å². The second-order valence-corrected chi connectivity index (χ2v) is 5.82. The molecule has 0 radical (unpaired) electrons. The molecule has 0 fully saturated rings. The molecule has 2 aromatic rings. The van der Waals surface area contributed by atoms with Crippen molar-refractivity contribution in [2.45, 2.75) is 13.8 Å². The highest BCUT2D eigenvalue weighted by molar-refractivity contribution is 9.10. The van der Waals surface area contributed by atoms with Crippen LogP contribution in [0.2, 0.25) is 5.15 Å². The molecule has 0 saturated heterocycles. The van der Waals surface area contributed by atoms with E-state index in [1.54, 1.807) is 12.4 Å². The number of nitrogens with one attached hydrogen (secondary N) is 1. The standard InChI is InChI=1S/C6H5BrClN.C6H8BrN3/c1-4-2-6(8)9-3-5(4)7;1-4-2-6(10-8)9-3-5(4)7/h2-3H,1H3;2-3H,8H2,1H3,(H,9,10). The van der Waals surface area contributed by atoms with Crippen LogP contribution in [0, 0.1) is 13.8 Å². The maximum absolute atomic E-state index is 5.58. The Bertz CT molecular complexity index is 563. The van der Waals surface area contributed by atoms with E-state index in [0.717, 1.165) is 20.1 Å². The van der Waals surface area contributed by atoms with Crippen molar-refractivity contribution in [3.8, 4) is 0 Å². The van der Waals surface area contributed by atoms with Gasteiger partial charge in [-0.3, -0.25) is 0 Å². The quantitative estimate of drug-likeness (QED) is 0.421. The van der Waals surface area contributed by atoms with Crippen molar-refractivity contribution in [2.24, 2.45) is 5.84 Å². The Balaban J connectivity index is 0.000000191. The Labute approximate surface area is 134 Å². The van der Waals surface area contributed by atoms with E-state index in [1.807, 2.05) is 26.0 Å². The zero-order chi connectivity index (χ0) is 14.4. The van der Waals surface area contributed by atoms with Gasteiger partial charge in [0.2, 0.25) is 0 Å². The van der Waals surface area contributed by atoms with Crippen LogP contribution >= 0.6 is 43.5 Å². The number of nitrogen functional groups attached to an aromatic ring is 1. The number of nitrogens with zero attached hydrogens (tertiary/aromatic N) is 2. The third-order valence-electron chi connectivity index (χ3n) is 2.21. The number of halogens is 3. The molecule has 2 heterocycles. The molecule has 0 amide bonds. The van der Waals surface area contributed by atoms with Gasteiger partial charge >= 0.3 is 0 Å². The first-order valence-corrected chi connectivity index (χ1v) is 7.27. The van der Waals surface area contributed by atoms with Crippen LogP contribution in [-0.2, 0) is 0 Å². The average Bonchev–Trinajstić information content (AvgIpc) is 2.38. The molecule has 2 aromatic heterocycles. The van der Waals surface area contributed by atoms with Gasteiger partial charge in [0.25, 0.3) is 0 Å². The molecule has 102 valence electrons. The first-order chi connectivity index (χ1) is 8.93. The van der Waals surface area contributed by atoms with Crippen LogP contribution < -0.4 is 11.3 Å². The fourth-order valence-corrected chi connectivity index (χ4v) is 1.77. The minimum atomic E-state index is 0.538. The number of pyridine rings is 2. The minimum Gasteiger partial charge on any atom is -0.308 e. The van der Waals surface area contributed by atoms with E-state index in [9.17, 15) is 0 Å². The summed E-state index contributed by atoms with van der Waals surface area (Å²) >= 11 is 12.2. The summed E-state index contributed by atoms with van der Waals surface area (Å²) in [6.45, 7) is 3.95. The van der Waals surface area contributed by atoms with Gasteiger partial charge < -0.3 is 5.43 Å². The van der Waals surface area contributed by atoms with Crippen molar-refractivity contribution >= 4 is 49.3 Å². The van der Waals surface area contributed by atoms with Crippen LogP contribution in [0.3, 0.4) is 0 Å². The van der Waals surface area contributed by atoms with E-state index in [1.165, 1.54) is 0 Å². The van der Waals surface area contributed by atoms with Gasteiger partial charge in [-0.1, -0.05) is 11.6 Å². The number of hydrogen-bond donors (Lipinski definition) is 2. The summed E-state index contributed by atoms with van der Waals surface area (Å²) in [5.74, 6) is 5.82. The first kappa shape index (κ1) is 16.4. The molecule has 0 aliphatic carbocycles. The number of anilines is 1. The van der Waals surface area contributed by atoms with Gasteiger partial charge in [0.05, 0.1) is 0 Å². The summed E-state index contributed by atoms with van der Waals surface area (Å²) < 4.78 is 1.98. The number of aromatic nitrogens is 2. The second-order valence-electron chi connectivity index (χ2n) is 3.72. The summed E-state index contributed by atoms with van der Waals surface area (Å²) in [7, 11) is 0. The van der Waals surface area contributed by atoms with E-state index in [-0.39, 0.29) is 0 Å². The molecule has 4 nitrogen and oxygen atoms in total. The smallest absolute Gasteiger partial charge is 0.140 e. The number of hydrogen-bond acceptors (Lipinski definition) is 4. The van der Waals surface area contributed by atoms with Crippen LogP contribution in [0.1, 0.15) is 11.1 Å². The predicted octanol–water partition coefficient (Wildman–Crippen LogP) is 4.24. The van der Waals surface area contributed by atoms with Gasteiger partial charge in [0.15, 0.2) is 0 Å². The topological polar surface area (TPSA) is 63.8 Å². The van der Waals surface area contributed by atoms with Crippen LogP contribution in [0.15, 0.2) is 33.5 Å². The normalized spacial score (nSPS) is 9.58. The molecule has 0 aliphatic rings. The molecule has 0 saturated carbocycles. The molecule has 2 rings (SSSR count). The summed E-state index contributed by atoms with van der Waals surface area (Å²) in [4.78, 5) is 7.83. The fourth-order valence-electron chi connectivity index (χ4n) is 1.12. The molecule has 0 unspecified atom stereocenters. The lowest BCUT2D eigenvalue weighted by molar-refractivity contribution is 1.20. The van der Waals surface area contributed by atoms with Gasteiger partial charge in [-0.2, -0.15) is 0 Å². The molecule has 0 spiro atoms. The summed E-state index contributed by atoms with van der Waals surface area (Å²) in [5.41, 5.74) is 4.68. The van der Waals surface area contributed by atoms with Gasteiger partial charge in [-0.05, 0) is 69.0 Å². The SMILES string of the molecule is Cc1cc(Cl)ncc1Br.Cc1cc(NN)ncc1Br. The van der Waals surface area contributed by atoms with E-state index in [2.05, 4.69) is 47.3 Å². The Hall–Kier alpha value is -0.690. The monoisotopic (exact) mass is 406 g/mol. The summed E-state index contributed by atoms with van der Waals surface area (Å²) in [6.07, 6.45) is 3.40. The van der Waals surface area contributed by atoms with Crippen molar-refractivity contribution in [1.29, 1.82) is 0 Å². The van der Waals surface area contributed by atoms with E-state index < -0.39 is 0 Å². The molecular formula is C12H13Br2ClN4. The molecule has 7 heteroatoms. The Morgan fingerprint density at radius 1 is 1.05 bits per heavy atom. The predicted molar refractivity (Wildman–Crippen MR) is 86.2 cm³/mol. The maximum Gasteiger partial charge on any atom is 0.140 e. The molecule has 3 N–H and O–H groups in total. The number of nitrogens with two attached hydrogens (primary N) is 1. The Morgan fingerprint density at radius 3 is 2.00 bits per heavy atom. The van der Waals surface area contributed by atoms with Crippen LogP contribution in [-0.4, -0.2) is 9.97 Å². The molecule has 19 heavy (non-hydrogen) atoms. The molecule has 0 aliphatic heterocycles. The second kappa shape index (κ2) is 7.79. The van der Waals surface area contributed by atoms with Gasteiger partial charge in [0.1, 0.15) is 11.0 Å². The highest BCUT2D eigenvalue weighted by Crippen LogP contribution is 2.17. The van der Waals surface area contributed by atoms with E-state index in [0.29, 0.717) is 11.0 Å². The third-order valence-corrected chi connectivity index (χ3v) is 4.08. The average molecular weight is 409 g/mol. The zero-order valence-electron chi connectivity index (χ0n) is 10.4. The number of hydrazine groups is 1. The van der Waals surface area contributed by atoms with Crippen molar-refractivity contribution in [3.05, 3.63) is 49.8 Å². The van der Waals surface area contributed by atoms with Crippen molar-refractivity contribution in [3.63, 3.8) is 0 Å². The molecule has 0 bridgehead atoms. The zero-order valence-corrected chi connectivity index (χ0v) is 14.3. The molecule has 0 aromatic carbocycles. The number of rotatable bonds is 1. The van der Waals surface area contributed by atoms with E-state index >= 15 is 0 Å². The fraction of sp³-hybridized carbons (Fsp3) is 0.167. The van der Waals surface area contributed by atoms with Gasteiger partial charge in [-0.25, -0.2) is 15.8 Å². The molecule has 0 atom stereocenters.